The second kappa shape index (κ2) is 8.18. The third kappa shape index (κ3) is 3.99. The molecular weight excluding hydrogens is 394 g/mol. The zero-order chi connectivity index (χ0) is 22.1. The minimum Gasteiger partial charge on any atom is -0.341 e. The van der Waals surface area contributed by atoms with E-state index in [1.54, 1.807) is 18.2 Å². The van der Waals surface area contributed by atoms with Crippen molar-refractivity contribution in [3.63, 3.8) is 0 Å². The van der Waals surface area contributed by atoms with Crippen molar-refractivity contribution in [1.29, 1.82) is 0 Å². The Balaban J connectivity index is 1.53. The predicted molar refractivity (Wildman–Crippen MR) is 114 cm³/mol. The van der Waals surface area contributed by atoms with E-state index in [-0.39, 0.29) is 36.7 Å². The standard InChI is InChI=1S/C24H23N3O4/c1-14(2)21(15-6-4-3-5-7-15)26-22(29)16-8-9-18-17(12-16)13-27(24(18)31)19-10-11-20(28)25-23(19)30/h3-9,12,19,21H,1,10-11,13H2,2H3,(H,26,29)(H,25,28,30)/t19?,21-/m1/s1. The third-order valence-electron chi connectivity index (χ3n) is 5.69. The number of nitrogens with zero attached hydrogens (tertiary/aromatic N) is 1. The van der Waals surface area contributed by atoms with E-state index in [4.69, 9.17) is 0 Å². The van der Waals surface area contributed by atoms with Crippen molar-refractivity contribution >= 4 is 23.6 Å². The highest BCUT2D eigenvalue weighted by Gasteiger charge is 2.39. The molecule has 7 nitrogen and oxygen atoms in total. The van der Waals surface area contributed by atoms with Crippen molar-refractivity contribution in [2.24, 2.45) is 0 Å². The largest absolute Gasteiger partial charge is 0.341 e. The van der Waals surface area contributed by atoms with Gasteiger partial charge < -0.3 is 10.2 Å². The van der Waals surface area contributed by atoms with E-state index < -0.39 is 11.9 Å². The third-order valence-corrected chi connectivity index (χ3v) is 5.69. The summed E-state index contributed by atoms with van der Waals surface area (Å²) in [5, 5.41) is 5.29. The first-order valence-corrected chi connectivity index (χ1v) is 10.1. The van der Waals surface area contributed by atoms with Crippen LogP contribution in [0.5, 0.6) is 0 Å². The molecule has 2 aromatic rings. The molecule has 4 rings (SSSR count). The van der Waals surface area contributed by atoms with Gasteiger partial charge >= 0.3 is 0 Å². The molecule has 4 amide bonds. The molecule has 0 aromatic heterocycles. The Kier molecular flexibility index (Phi) is 5.42. The van der Waals surface area contributed by atoms with Gasteiger partial charge in [0, 0.05) is 24.1 Å². The molecule has 2 heterocycles. The molecule has 2 aromatic carbocycles. The second-order valence-electron chi connectivity index (χ2n) is 7.94. The van der Waals surface area contributed by atoms with Gasteiger partial charge in [-0.25, -0.2) is 0 Å². The van der Waals surface area contributed by atoms with Crippen LogP contribution in [-0.2, 0) is 16.1 Å². The fraction of sp³-hybridized carbons (Fsp3) is 0.250. The van der Waals surface area contributed by atoms with Gasteiger partial charge in [-0.05, 0) is 42.7 Å². The molecule has 0 bridgehead atoms. The molecular formula is C24H23N3O4. The van der Waals surface area contributed by atoms with Crippen LogP contribution in [0.4, 0.5) is 0 Å². The van der Waals surface area contributed by atoms with Crippen LogP contribution >= 0.6 is 0 Å². The number of hydrogen-bond donors (Lipinski definition) is 2. The first-order valence-electron chi connectivity index (χ1n) is 10.1. The average Bonchev–Trinajstić information content (AvgIpc) is 3.08. The monoisotopic (exact) mass is 417 g/mol. The molecule has 0 saturated carbocycles. The van der Waals surface area contributed by atoms with Gasteiger partial charge in [-0.3, -0.25) is 24.5 Å². The molecule has 1 unspecified atom stereocenters. The van der Waals surface area contributed by atoms with Gasteiger partial charge in [-0.2, -0.15) is 0 Å². The van der Waals surface area contributed by atoms with Gasteiger partial charge in [0.2, 0.25) is 11.8 Å². The molecule has 2 N–H and O–H groups in total. The van der Waals surface area contributed by atoms with Gasteiger partial charge in [-0.1, -0.05) is 42.5 Å². The Bertz CT molecular complexity index is 1090. The number of carbonyl (C=O) groups excluding carboxylic acids is 4. The van der Waals surface area contributed by atoms with Crippen LogP contribution in [0.1, 0.15) is 57.7 Å². The topological polar surface area (TPSA) is 95.6 Å². The lowest BCUT2D eigenvalue weighted by molar-refractivity contribution is -0.136. The van der Waals surface area contributed by atoms with Crippen LogP contribution in [0.25, 0.3) is 0 Å². The summed E-state index contributed by atoms with van der Waals surface area (Å²) in [5.74, 6) is -1.32. The van der Waals surface area contributed by atoms with Crippen molar-refractivity contribution in [2.75, 3.05) is 0 Å². The number of benzene rings is 2. The quantitative estimate of drug-likeness (QED) is 0.577. The predicted octanol–water partition coefficient (Wildman–Crippen LogP) is 2.49. The number of imide groups is 1. The maximum atomic E-state index is 12.9. The highest BCUT2D eigenvalue weighted by atomic mass is 16.2. The van der Waals surface area contributed by atoms with E-state index in [1.165, 1.54) is 4.90 Å². The van der Waals surface area contributed by atoms with Crippen LogP contribution < -0.4 is 10.6 Å². The Labute approximate surface area is 180 Å². The lowest BCUT2D eigenvalue weighted by Crippen LogP contribution is -2.52. The number of fused-ring (bicyclic) bond motifs is 1. The van der Waals surface area contributed by atoms with E-state index in [0.29, 0.717) is 23.1 Å². The fourth-order valence-corrected chi connectivity index (χ4v) is 4.07. The lowest BCUT2D eigenvalue weighted by Gasteiger charge is -2.29. The summed E-state index contributed by atoms with van der Waals surface area (Å²) in [6, 6.07) is 13.5. The number of nitrogens with one attached hydrogen (secondary N) is 2. The van der Waals surface area contributed by atoms with E-state index in [9.17, 15) is 19.2 Å². The Hall–Kier alpha value is -3.74. The Morgan fingerprint density at radius 2 is 1.90 bits per heavy atom. The molecule has 0 aliphatic carbocycles. The first-order chi connectivity index (χ1) is 14.8. The van der Waals surface area contributed by atoms with Crippen molar-refractivity contribution in [2.45, 2.75) is 38.4 Å². The van der Waals surface area contributed by atoms with Crippen molar-refractivity contribution < 1.29 is 19.2 Å². The number of rotatable bonds is 5. The number of hydrogen-bond acceptors (Lipinski definition) is 4. The van der Waals surface area contributed by atoms with Gasteiger partial charge in [0.1, 0.15) is 6.04 Å². The zero-order valence-electron chi connectivity index (χ0n) is 17.2. The number of piperidine rings is 1. The summed E-state index contributed by atoms with van der Waals surface area (Å²) >= 11 is 0. The zero-order valence-corrected chi connectivity index (χ0v) is 17.2. The van der Waals surface area contributed by atoms with Crippen LogP contribution in [0, 0.1) is 0 Å². The number of amides is 4. The van der Waals surface area contributed by atoms with Gasteiger partial charge in [0.15, 0.2) is 0 Å². The number of carbonyl (C=O) groups is 4. The van der Waals surface area contributed by atoms with Crippen LogP contribution in [0.3, 0.4) is 0 Å². The van der Waals surface area contributed by atoms with Crippen molar-refractivity contribution in [3.05, 3.63) is 82.9 Å². The van der Waals surface area contributed by atoms with E-state index in [2.05, 4.69) is 17.2 Å². The van der Waals surface area contributed by atoms with Gasteiger partial charge in [0.25, 0.3) is 11.8 Å². The summed E-state index contributed by atoms with van der Waals surface area (Å²) in [6.45, 7) is 6.08. The van der Waals surface area contributed by atoms with E-state index >= 15 is 0 Å². The highest BCUT2D eigenvalue weighted by molar-refractivity contribution is 6.06. The summed E-state index contributed by atoms with van der Waals surface area (Å²) in [4.78, 5) is 50.8. The molecule has 0 radical (unpaired) electrons. The van der Waals surface area contributed by atoms with Crippen LogP contribution in [0.15, 0.2) is 60.7 Å². The van der Waals surface area contributed by atoms with Gasteiger partial charge in [-0.15, -0.1) is 0 Å². The average molecular weight is 417 g/mol. The first kappa shape index (κ1) is 20.5. The maximum Gasteiger partial charge on any atom is 0.255 e. The van der Waals surface area contributed by atoms with Crippen LogP contribution in [0.2, 0.25) is 0 Å². The highest BCUT2D eigenvalue weighted by Crippen LogP contribution is 2.28. The summed E-state index contributed by atoms with van der Waals surface area (Å²) < 4.78 is 0. The normalized spacial score (nSPS) is 18.9. The molecule has 2 aliphatic rings. The molecule has 1 saturated heterocycles. The SMILES string of the molecule is C=C(C)[C@@H](NC(=O)c1ccc2c(c1)CN(C1CCC(=O)NC1=O)C2=O)c1ccccc1. The molecule has 2 atom stereocenters. The fourth-order valence-electron chi connectivity index (χ4n) is 4.07. The molecule has 2 aliphatic heterocycles. The second-order valence-corrected chi connectivity index (χ2v) is 7.94. The molecule has 158 valence electrons. The summed E-state index contributed by atoms with van der Waals surface area (Å²) in [5.41, 5.74) is 3.33. The molecule has 31 heavy (non-hydrogen) atoms. The van der Waals surface area contributed by atoms with Crippen LogP contribution in [-0.4, -0.2) is 34.6 Å². The molecule has 0 spiro atoms. The van der Waals surface area contributed by atoms with Gasteiger partial charge in [0.05, 0.1) is 6.04 Å². The van der Waals surface area contributed by atoms with E-state index in [1.807, 2.05) is 37.3 Å². The summed E-state index contributed by atoms with van der Waals surface area (Å²) in [6.07, 6.45) is 0.501. The summed E-state index contributed by atoms with van der Waals surface area (Å²) in [7, 11) is 0. The molecule has 1 fully saturated rings. The smallest absolute Gasteiger partial charge is 0.255 e. The maximum absolute atomic E-state index is 12.9. The lowest BCUT2D eigenvalue weighted by atomic mass is 10.00. The Morgan fingerprint density at radius 1 is 1.16 bits per heavy atom. The minimum absolute atomic E-state index is 0.200. The Morgan fingerprint density at radius 3 is 2.58 bits per heavy atom. The minimum atomic E-state index is -0.680. The van der Waals surface area contributed by atoms with E-state index in [0.717, 1.165) is 11.1 Å². The van der Waals surface area contributed by atoms with Crippen molar-refractivity contribution in [3.8, 4) is 0 Å². The molecule has 7 heteroatoms. The van der Waals surface area contributed by atoms with Crippen molar-refractivity contribution in [1.82, 2.24) is 15.5 Å².